The van der Waals surface area contributed by atoms with Gasteiger partial charge in [-0.2, -0.15) is 4.98 Å². The number of hydrogen-bond acceptors (Lipinski definition) is 6. The van der Waals surface area contributed by atoms with Gasteiger partial charge in [0.05, 0.1) is 7.11 Å². The Morgan fingerprint density at radius 2 is 1.60 bits per heavy atom. The Balaban J connectivity index is 1.37. The standard InChI is InChI=1S/C24H22N4O2/c1-29-22-9-5-8-20(16-22)26-23-14-15-25-24(28-23)27-19-10-12-21(13-11-19)30-17-18-6-3-2-4-7-18/h2-16H,17H2,1H3,(H2,25,26,27,28). The van der Waals surface area contributed by atoms with E-state index in [2.05, 4.69) is 20.6 Å². The topological polar surface area (TPSA) is 68.3 Å². The van der Waals surface area contributed by atoms with E-state index in [0.29, 0.717) is 18.4 Å². The number of nitrogens with one attached hydrogen (secondary N) is 2. The third kappa shape index (κ3) is 5.26. The molecule has 1 aromatic heterocycles. The SMILES string of the molecule is COc1cccc(Nc2ccnc(Nc3ccc(OCc4ccccc4)cc3)n2)c1. The Morgan fingerprint density at radius 3 is 2.40 bits per heavy atom. The number of methoxy groups -OCH3 is 1. The number of nitrogens with zero attached hydrogens (tertiary/aromatic N) is 2. The van der Waals surface area contributed by atoms with Crippen LogP contribution in [0.2, 0.25) is 0 Å². The van der Waals surface area contributed by atoms with E-state index < -0.39 is 0 Å². The summed E-state index contributed by atoms with van der Waals surface area (Å²) >= 11 is 0. The Hall–Kier alpha value is -4.06. The van der Waals surface area contributed by atoms with Crippen molar-refractivity contribution in [2.75, 3.05) is 17.7 Å². The minimum atomic E-state index is 0.501. The van der Waals surface area contributed by atoms with Crippen molar-refractivity contribution in [1.29, 1.82) is 0 Å². The minimum Gasteiger partial charge on any atom is -0.497 e. The molecule has 0 amide bonds. The van der Waals surface area contributed by atoms with Gasteiger partial charge in [-0.05, 0) is 48.0 Å². The van der Waals surface area contributed by atoms with Gasteiger partial charge in [0.25, 0.3) is 0 Å². The van der Waals surface area contributed by atoms with E-state index in [4.69, 9.17) is 9.47 Å². The maximum absolute atomic E-state index is 5.82. The second kappa shape index (κ2) is 9.43. The van der Waals surface area contributed by atoms with E-state index in [1.54, 1.807) is 13.3 Å². The summed E-state index contributed by atoms with van der Waals surface area (Å²) in [5.41, 5.74) is 2.90. The van der Waals surface area contributed by atoms with Crippen molar-refractivity contribution in [1.82, 2.24) is 9.97 Å². The lowest BCUT2D eigenvalue weighted by molar-refractivity contribution is 0.306. The number of ether oxygens (including phenoxy) is 2. The zero-order valence-corrected chi connectivity index (χ0v) is 16.6. The van der Waals surface area contributed by atoms with Crippen molar-refractivity contribution in [3.8, 4) is 11.5 Å². The molecular formula is C24H22N4O2. The van der Waals surface area contributed by atoms with Crippen LogP contribution >= 0.6 is 0 Å². The van der Waals surface area contributed by atoms with Gasteiger partial charge >= 0.3 is 0 Å². The summed E-state index contributed by atoms with van der Waals surface area (Å²) < 4.78 is 11.1. The third-order valence-corrected chi connectivity index (χ3v) is 4.36. The number of anilines is 4. The van der Waals surface area contributed by atoms with E-state index in [1.165, 1.54) is 0 Å². The summed E-state index contributed by atoms with van der Waals surface area (Å²) in [4.78, 5) is 8.80. The van der Waals surface area contributed by atoms with Gasteiger partial charge in [-0.25, -0.2) is 4.98 Å². The molecule has 0 unspecified atom stereocenters. The van der Waals surface area contributed by atoms with Crippen LogP contribution in [-0.4, -0.2) is 17.1 Å². The van der Waals surface area contributed by atoms with Crippen LogP contribution in [0.25, 0.3) is 0 Å². The molecule has 0 atom stereocenters. The Bertz CT molecular complexity index is 1090. The number of benzene rings is 3. The van der Waals surface area contributed by atoms with Crippen LogP contribution in [0.3, 0.4) is 0 Å². The lowest BCUT2D eigenvalue weighted by Gasteiger charge is -2.10. The molecule has 0 aliphatic carbocycles. The highest BCUT2D eigenvalue weighted by Crippen LogP contribution is 2.22. The third-order valence-electron chi connectivity index (χ3n) is 4.36. The van der Waals surface area contributed by atoms with Gasteiger partial charge in [0.2, 0.25) is 5.95 Å². The van der Waals surface area contributed by atoms with Crippen molar-refractivity contribution in [2.45, 2.75) is 6.61 Å². The summed E-state index contributed by atoms with van der Waals surface area (Å²) in [5.74, 6) is 2.77. The maximum Gasteiger partial charge on any atom is 0.229 e. The highest BCUT2D eigenvalue weighted by molar-refractivity contribution is 5.61. The number of hydrogen-bond donors (Lipinski definition) is 2. The van der Waals surface area contributed by atoms with Crippen molar-refractivity contribution in [2.24, 2.45) is 0 Å². The first-order valence-electron chi connectivity index (χ1n) is 9.56. The van der Waals surface area contributed by atoms with Gasteiger partial charge in [-0.1, -0.05) is 36.4 Å². The first-order chi connectivity index (χ1) is 14.8. The smallest absolute Gasteiger partial charge is 0.229 e. The Morgan fingerprint density at radius 1 is 0.767 bits per heavy atom. The summed E-state index contributed by atoms with van der Waals surface area (Å²) in [6.07, 6.45) is 1.70. The molecule has 2 N–H and O–H groups in total. The van der Waals surface area contributed by atoms with Gasteiger partial charge in [0.15, 0.2) is 0 Å². The molecule has 6 nitrogen and oxygen atoms in total. The van der Waals surface area contributed by atoms with E-state index in [9.17, 15) is 0 Å². The first kappa shape index (κ1) is 19.3. The molecule has 0 bridgehead atoms. The summed E-state index contributed by atoms with van der Waals surface area (Å²) in [7, 11) is 1.64. The zero-order chi connectivity index (χ0) is 20.6. The molecular weight excluding hydrogens is 376 g/mol. The summed E-state index contributed by atoms with van der Waals surface area (Å²) in [5, 5.41) is 6.47. The van der Waals surface area contributed by atoms with E-state index in [0.717, 1.165) is 28.4 Å². The molecule has 150 valence electrons. The molecule has 0 radical (unpaired) electrons. The van der Waals surface area contributed by atoms with Crippen LogP contribution in [-0.2, 0) is 6.61 Å². The minimum absolute atomic E-state index is 0.501. The van der Waals surface area contributed by atoms with Crippen LogP contribution in [0, 0.1) is 0 Å². The van der Waals surface area contributed by atoms with E-state index in [1.807, 2.05) is 84.9 Å². The number of aromatic nitrogens is 2. The predicted molar refractivity (Wildman–Crippen MR) is 119 cm³/mol. The molecule has 30 heavy (non-hydrogen) atoms. The van der Waals surface area contributed by atoms with Gasteiger partial charge in [-0.3, -0.25) is 0 Å². The Labute approximate surface area is 175 Å². The second-order valence-electron chi connectivity index (χ2n) is 6.55. The van der Waals surface area contributed by atoms with Gasteiger partial charge in [0, 0.05) is 23.6 Å². The molecule has 0 fully saturated rings. The van der Waals surface area contributed by atoms with Gasteiger partial charge < -0.3 is 20.1 Å². The molecule has 0 saturated carbocycles. The summed E-state index contributed by atoms with van der Waals surface area (Å²) in [6, 6.07) is 27.3. The lowest BCUT2D eigenvalue weighted by atomic mass is 10.2. The Kier molecular flexibility index (Phi) is 6.05. The van der Waals surface area contributed by atoms with Gasteiger partial charge in [0.1, 0.15) is 23.9 Å². The van der Waals surface area contributed by atoms with Crippen LogP contribution in [0.1, 0.15) is 5.56 Å². The van der Waals surface area contributed by atoms with E-state index >= 15 is 0 Å². The normalized spacial score (nSPS) is 10.3. The van der Waals surface area contributed by atoms with Crippen LogP contribution < -0.4 is 20.1 Å². The molecule has 0 saturated heterocycles. The monoisotopic (exact) mass is 398 g/mol. The molecule has 4 aromatic rings. The largest absolute Gasteiger partial charge is 0.497 e. The molecule has 0 spiro atoms. The van der Waals surface area contributed by atoms with Crippen molar-refractivity contribution < 1.29 is 9.47 Å². The van der Waals surface area contributed by atoms with Gasteiger partial charge in [-0.15, -0.1) is 0 Å². The molecule has 3 aromatic carbocycles. The molecule has 0 aliphatic heterocycles. The number of rotatable bonds is 8. The predicted octanol–water partition coefficient (Wildman–Crippen LogP) is 5.55. The fraction of sp³-hybridized carbons (Fsp3) is 0.0833. The fourth-order valence-corrected chi connectivity index (χ4v) is 2.84. The highest BCUT2D eigenvalue weighted by Gasteiger charge is 2.03. The molecule has 0 aliphatic rings. The molecule has 4 rings (SSSR count). The van der Waals surface area contributed by atoms with Crippen LogP contribution in [0.15, 0.2) is 91.1 Å². The quantitative estimate of drug-likeness (QED) is 0.405. The van der Waals surface area contributed by atoms with Crippen molar-refractivity contribution in [3.63, 3.8) is 0 Å². The molecule has 6 heteroatoms. The van der Waals surface area contributed by atoms with Crippen LogP contribution in [0.4, 0.5) is 23.1 Å². The zero-order valence-electron chi connectivity index (χ0n) is 16.6. The lowest BCUT2D eigenvalue weighted by Crippen LogP contribution is -2.00. The average Bonchev–Trinajstić information content (AvgIpc) is 2.80. The average molecular weight is 398 g/mol. The second-order valence-corrected chi connectivity index (χ2v) is 6.55. The molecule has 1 heterocycles. The highest BCUT2D eigenvalue weighted by atomic mass is 16.5. The van der Waals surface area contributed by atoms with E-state index in [-0.39, 0.29) is 0 Å². The maximum atomic E-state index is 5.82. The van der Waals surface area contributed by atoms with Crippen molar-refractivity contribution >= 4 is 23.1 Å². The first-order valence-corrected chi connectivity index (χ1v) is 9.56. The summed E-state index contributed by atoms with van der Waals surface area (Å²) in [6.45, 7) is 0.536. The fourth-order valence-electron chi connectivity index (χ4n) is 2.84. The van der Waals surface area contributed by atoms with Crippen LogP contribution in [0.5, 0.6) is 11.5 Å². The van der Waals surface area contributed by atoms with Crippen molar-refractivity contribution in [3.05, 3.63) is 96.7 Å².